The molecule has 0 bridgehead atoms. The third-order valence-corrected chi connectivity index (χ3v) is 20.1. The number of hydrogen-bond acceptors (Lipinski definition) is 4. The van der Waals surface area contributed by atoms with Gasteiger partial charge in [0.15, 0.2) is 0 Å². The summed E-state index contributed by atoms with van der Waals surface area (Å²) in [4.78, 5) is 0. The van der Waals surface area contributed by atoms with Gasteiger partial charge in [-0.15, -0.1) is 0 Å². The van der Waals surface area contributed by atoms with E-state index in [1.54, 1.807) is 0 Å². The van der Waals surface area contributed by atoms with Crippen LogP contribution in [-0.4, -0.2) is 31.8 Å². The summed E-state index contributed by atoms with van der Waals surface area (Å²) in [6.07, 6.45) is -1.57. The van der Waals surface area contributed by atoms with Gasteiger partial charge in [-0.3, -0.25) is 9.13 Å². The van der Waals surface area contributed by atoms with Crippen molar-refractivity contribution in [2.75, 3.05) is 0 Å². The molecule has 0 aliphatic heterocycles. The van der Waals surface area contributed by atoms with Crippen molar-refractivity contribution >= 4 is 35.8 Å². The van der Waals surface area contributed by atoms with E-state index in [-0.39, 0.29) is 12.1 Å². The largest absolute Gasteiger partial charge is 0.391 e. The molecule has 2 N–H and O–H groups in total. The summed E-state index contributed by atoms with van der Waals surface area (Å²) in [6.45, 7) is 16.4. The highest BCUT2D eigenvalue weighted by molar-refractivity contribution is 7.77. The van der Waals surface area contributed by atoms with Crippen molar-refractivity contribution in [1.29, 1.82) is 0 Å². The Kier molecular flexibility index (Phi) is 17.8. The number of aliphatic hydroxyl groups is 2. The van der Waals surface area contributed by atoms with E-state index >= 15 is 9.13 Å². The Morgan fingerprint density at radius 3 is 0.694 bits per heavy atom. The van der Waals surface area contributed by atoms with Gasteiger partial charge in [0.1, 0.15) is 0 Å². The Labute approximate surface area is 429 Å². The lowest BCUT2D eigenvalue weighted by atomic mass is 9.81. The molecule has 6 atom stereocenters. The van der Waals surface area contributed by atoms with Gasteiger partial charge in [-0.25, -0.2) is 9.34 Å². The number of rotatable bonds is 16. The summed E-state index contributed by atoms with van der Waals surface area (Å²) in [6, 6.07) is 77.7. The fourth-order valence-corrected chi connectivity index (χ4v) is 16.1. The summed E-state index contributed by atoms with van der Waals surface area (Å²) in [5.41, 5.74) is 3.07. The van der Waals surface area contributed by atoms with Crippen molar-refractivity contribution in [3.63, 3.8) is 0 Å². The molecular weight excluding hydrogens is 923 g/mol. The molecule has 8 aromatic rings. The van der Waals surface area contributed by atoms with Crippen molar-refractivity contribution in [2.24, 2.45) is 10.8 Å². The highest BCUT2D eigenvalue weighted by atomic mass is 31.2. The van der Waals surface area contributed by atoms with Crippen LogP contribution in [0.25, 0.3) is 0 Å². The van der Waals surface area contributed by atoms with Crippen LogP contribution in [-0.2, 0) is 9.13 Å². The molecule has 0 unspecified atom stereocenters. The van der Waals surface area contributed by atoms with E-state index in [1.807, 2.05) is 260 Å². The van der Waals surface area contributed by atoms with Gasteiger partial charge in [0.2, 0.25) is 14.6 Å². The average Bonchev–Trinajstić information content (AvgIpc) is 3.42. The minimum absolute atomic E-state index is 0.250. The first-order valence-corrected chi connectivity index (χ1v) is 28.4. The lowest BCUT2D eigenvalue weighted by Crippen LogP contribution is -2.45. The molecule has 8 rings (SSSR count). The minimum Gasteiger partial charge on any atom is -0.391 e. The van der Waals surface area contributed by atoms with Crippen LogP contribution in [0.5, 0.6) is 0 Å². The van der Waals surface area contributed by atoms with Gasteiger partial charge in [0.25, 0.3) is 0 Å². The zero-order chi connectivity index (χ0) is 51.5. The van der Waals surface area contributed by atoms with E-state index in [1.165, 1.54) is 0 Å². The van der Waals surface area contributed by atoms with E-state index in [0.717, 1.165) is 43.5 Å². The smallest absolute Gasteiger partial charge is 0.208 e. The van der Waals surface area contributed by atoms with Crippen LogP contribution in [0.15, 0.2) is 243 Å². The molecule has 0 aromatic heterocycles. The number of nitrogens with zero attached hydrogens (tertiary/aromatic N) is 2. The average molecular weight is 995 g/mol. The second-order valence-corrected chi connectivity index (χ2v) is 26.1. The minimum atomic E-state index is -3.43. The number of aliphatic hydroxyl groups excluding tert-OH is 2. The predicted molar refractivity (Wildman–Crippen MR) is 302 cm³/mol. The van der Waals surface area contributed by atoms with Crippen molar-refractivity contribution < 1.29 is 19.3 Å². The molecule has 0 saturated carbocycles. The molecule has 0 fully saturated rings. The Morgan fingerprint density at radius 2 is 0.500 bits per heavy atom. The van der Waals surface area contributed by atoms with Gasteiger partial charge in [-0.05, 0) is 95.5 Å². The highest BCUT2D eigenvalue weighted by Crippen LogP contribution is 2.60. The van der Waals surface area contributed by atoms with Crippen LogP contribution in [0.1, 0.15) is 102 Å². The van der Waals surface area contributed by atoms with Crippen molar-refractivity contribution in [1.82, 2.24) is 9.34 Å². The van der Waals surface area contributed by atoms with Crippen LogP contribution >= 0.6 is 14.6 Å². The second kappa shape index (κ2) is 23.7. The fraction of sp³-hybridized carbons (Fsp3) is 0.250. The van der Waals surface area contributed by atoms with E-state index < -0.39 is 49.7 Å². The van der Waals surface area contributed by atoms with E-state index in [4.69, 9.17) is 0 Å². The molecule has 6 nitrogen and oxygen atoms in total. The van der Waals surface area contributed by atoms with Crippen LogP contribution in [0, 0.1) is 10.8 Å². The summed E-state index contributed by atoms with van der Waals surface area (Å²) in [5, 5.41) is 26.9. The number of hydrogen-bond donors (Lipinski definition) is 2. The van der Waals surface area contributed by atoms with E-state index in [9.17, 15) is 10.2 Å². The van der Waals surface area contributed by atoms with Crippen LogP contribution in [0.3, 0.4) is 0 Å². The molecule has 72 heavy (non-hydrogen) atoms. The molecule has 8 aromatic carbocycles. The SMILES string of the molecule is C[C@@H](c1ccccc1)N([C@@H](c1ccccc1)[C@H](O)C(C)(C)C)P(=O)(c1ccccc1)c1ccccc1.C[C@@H](c1ccccc1)N([C@@H](c1ccccc1)[C@H](O)C(C)(C)C)P(=O)(c1ccccc1)c1ccccc1. The van der Waals surface area contributed by atoms with E-state index in [2.05, 4.69) is 47.5 Å². The zero-order valence-electron chi connectivity index (χ0n) is 43.1. The highest BCUT2D eigenvalue weighted by Gasteiger charge is 2.49. The standard InChI is InChI=1S/2C32H36NO2P/c2*1-25(26-17-9-5-10-18-26)33(30(31(34)32(2,3)4)27-19-11-6-12-20-27)36(35,28-21-13-7-14-22-28)29-23-15-8-16-24-29/h2*5-25,30-31,34H,1-4H3/t2*25-,30-,31-/m00/s1. The van der Waals surface area contributed by atoms with Crippen LogP contribution in [0.2, 0.25) is 0 Å². The summed E-state index contributed by atoms with van der Waals surface area (Å²) in [7, 11) is -6.85. The first kappa shape index (κ1) is 53.8. The van der Waals surface area contributed by atoms with Gasteiger partial charge >= 0.3 is 0 Å². The van der Waals surface area contributed by atoms with Crippen molar-refractivity contribution in [3.05, 3.63) is 265 Å². The quantitative estimate of drug-likeness (QED) is 0.0939. The zero-order valence-corrected chi connectivity index (χ0v) is 44.8. The fourth-order valence-electron chi connectivity index (χ4n) is 9.65. The Morgan fingerprint density at radius 1 is 0.319 bits per heavy atom. The maximum atomic E-state index is 15.8. The third-order valence-electron chi connectivity index (χ3n) is 13.7. The van der Waals surface area contributed by atoms with Gasteiger partial charge in [0.05, 0.1) is 24.3 Å². The molecule has 0 saturated heterocycles. The first-order chi connectivity index (χ1) is 34.5. The molecule has 0 spiro atoms. The Bertz CT molecular complexity index is 2660. The molecule has 0 heterocycles. The van der Waals surface area contributed by atoms with Gasteiger partial charge in [-0.2, -0.15) is 0 Å². The van der Waals surface area contributed by atoms with E-state index in [0.29, 0.717) is 0 Å². The monoisotopic (exact) mass is 994 g/mol. The third kappa shape index (κ3) is 11.9. The lowest BCUT2D eigenvalue weighted by molar-refractivity contribution is -0.00425. The Balaban J connectivity index is 0.000000211. The van der Waals surface area contributed by atoms with Gasteiger partial charge < -0.3 is 10.2 Å². The number of benzene rings is 8. The molecule has 8 heteroatoms. The molecule has 0 aliphatic carbocycles. The van der Waals surface area contributed by atoms with Crippen LogP contribution < -0.4 is 21.2 Å². The summed E-state index contributed by atoms with van der Waals surface area (Å²) >= 11 is 0. The first-order valence-electron chi connectivity index (χ1n) is 25.0. The van der Waals surface area contributed by atoms with Crippen molar-refractivity contribution in [3.8, 4) is 0 Å². The molecule has 0 amide bonds. The molecule has 0 radical (unpaired) electrons. The maximum absolute atomic E-state index is 15.8. The van der Waals surface area contributed by atoms with Gasteiger partial charge in [0, 0.05) is 33.3 Å². The normalized spacial score (nSPS) is 14.8. The topological polar surface area (TPSA) is 81.1 Å². The predicted octanol–water partition coefficient (Wildman–Crippen LogP) is 14.3. The lowest BCUT2D eigenvalue weighted by Gasteiger charge is -2.47. The van der Waals surface area contributed by atoms with Crippen LogP contribution in [0.4, 0.5) is 0 Å². The van der Waals surface area contributed by atoms with Crippen molar-refractivity contribution in [2.45, 2.75) is 91.8 Å². The molecular formula is C64H72N2O4P2. The Hall–Kier alpha value is -5.94. The summed E-state index contributed by atoms with van der Waals surface area (Å²) in [5.74, 6) is 0. The second-order valence-electron chi connectivity index (χ2n) is 20.8. The maximum Gasteiger partial charge on any atom is 0.208 e. The molecule has 0 aliphatic rings. The summed E-state index contributed by atoms with van der Waals surface area (Å²) < 4.78 is 35.8. The van der Waals surface area contributed by atoms with Gasteiger partial charge in [-0.1, -0.05) is 236 Å². The molecule has 372 valence electrons.